The number of rotatable bonds is 2. The van der Waals surface area contributed by atoms with Gasteiger partial charge in [-0.05, 0) is 19.1 Å². The van der Waals surface area contributed by atoms with E-state index in [9.17, 15) is 13.2 Å². The van der Waals surface area contributed by atoms with Crippen molar-refractivity contribution in [2.24, 2.45) is 0 Å². The number of halogens is 3. The van der Waals surface area contributed by atoms with E-state index in [1.807, 2.05) is 0 Å². The standard InChI is InChI=1S/C9H8F3NO/c1-2-14-9(13)5-3-6(10)8(12)7(11)4-5/h3-4,13H,2H2,1H3. The van der Waals surface area contributed by atoms with E-state index in [0.717, 1.165) is 12.1 Å². The molecule has 1 rings (SSSR count). The lowest BCUT2D eigenvalue weighted by Crippen LogP contribution is -2.06. The monoisotopic (exact) mass is 203 g/mol. The van der Waals surface area contributed by atoms with Crippen LogP contribution in [-0.4, -0.2) is 12.5 Å². The fourth-order valence-electron chi connectivity index (χ4n) is 0.914. The number of ether oxygens (including phenoxy) is 1. The second-order valence-corrected chi connectivity index (χ2v) is 2.52. The van der Waals surface area contributed by atoms with Crippen LogP contribution in [0.15, 0.2) is 12.1 Å². The van der Waals surface area contributed by atoms with E-state index in [0.29, 0.717) is 0 Å². The lowest BCUT2D eigenvalue weighted by molar-refractivity contribution is 0.325. The molecule has 14 heavy (non-hydrogen) atoms. The molecule has 0 aliphatic rings. The van der Waals surface area contributed by atoms with Crippen LogP contribution in [0.25, 0.3) is 0 Å². The zero-order valence-electron chi connectivity index (χ0n) is 7.40. The first-order chi connectivity index (χ1) is 6.56. The molecule has 0 radical (unpaired) electrons. The molecule has 0 saturated carbocycles. The summed E-state index contributed by atoms with van der Waals surface area (Å²) >= 11 is 0. The first kappa shape index (κ1) is 10.6. The Kier molecular flexibility index (Phi) is 3.11. The molecule has 0 spiro atoms. The smallest absolute Gasteiger partial charge is 0.213 e. The Balaban J connectivity index is 3.06. The molecule has 0 bridgehead atoms. The van der Waals surface area contributed by atoms with Gasteiger partial charge >= 0.3 is 0 Å². The Morgan fingerprint density at radius 2 is 1.79 bits per heavy atom. The molecule has 0 heterocycles. The van der Waals surface area contributed by atoms with E-state index in [4.69, 9.17) is 10.1 Å². The second kappa shape index (κ2) is 4.13. The number of hydrogen-bond donors (Lipinski definition) is 1. The largest absolute Gasteiger partial charge is 0.478 e. The first-order valence-electron chi connectivity index (χ1n) is 3.92. The molecule has 1 N–H and O–H groups in total. The van der Waals surface area contributed by atoms with Crippen molar-refractivity contribution in [3.05, 3.63) is 35.1 Å². The molecule has 5 heteroatoms. The maximum absolute atomic E-state index is 12.7. The van der Waals surface area contributed by atoms with E-state index in [1.54, 1.807) is 6.92 Å². The summed E-state index contributed by atoms with van der Waals surface area (Å²) in [6.07, 6.45) is 0. The first-order valence-corrected chi connectivity index (χ1v) is 3.92. The van der Waals surface area contributed by atoms with E-state index >= 15 is 0 Å². The third kappa shape index (κ3) is 2.04. The molecule has 76 valence electrons. The fourth-order valence-corrected chi connectivity index (χ4v) is 0.914. The topological polar surface area (TPSA) is 33.1 Å². The molecule has 2 nitrogen and oxygen atoms in total. The second-order valence-electron chi connectivity index (χ2n) is 2.52. The van der Waals surface area contributed by atoms with Crippen molar-refractivity contribution < 1.29 is 17.9 Å². The highest BCUT2D eigenvalue weighted by atomic mass is 19.2. The van der Waals surface area contributed by atoms with Crippen LogP contribution in [-0.2, 0) is 4.74 Å². The van der Waals surface area contributed by atoms with Crippen LogP contribution in [0.5, 0.6) is 0 Å². The zero-order valence-corrected chi connectivity index (χ0v) is 7.40. The lowest BCUT2D eigenvalue weighted by Gasteiger charge is -2.05. The molecule has 0 atom stereocenters. The molecule has 0 aliphatic heterocycles. The van der Waals surface area contributed by atoms with Gasteiger partial charge in [-0.15, -0.1) is 0 Å². The maximum atomic E-state index is 12.7. The third-order valence-electron chi connectivity index (χ3n) is 1.53. The van der Waals surface area contributed by atoms with Crippen molar-refractivity contribution in [1.29, 1.82) is 5.41 Å². The molecule has 1 aromatic rings. The minimum atomic E-state index is -1.54. The van der Waals surface area contributed by atoms with Gasteiger partial charge in [-0.2, -0.15) is 0 Å². The summed E-state index contributed by atoms with van der Waals surface area (Å²) in [6.45, 7) is 1.84. The average Bonchev–Trinajstić information content (AvgIpc) is 2.13. The summed E-state index contributed by atoms with van der Waals surface area (Å²) in [5.41, 5.74) is -0.122. The van der Waals surface area contributed by atoms with Crippen molar-refractivity contribution in [1.82, 2.24) is 0 Å². The van der Waals surface area contributed by atoms with Crippen molar-refractivity contribution in [3.8, 4) is 0 Å². The summed E-state index contributed by atoms with van der Waals surface area (Å²) < 4.78 is 42.6. The SMILES string of the molecule is CCOC(=N)c1cc(F)c(F)c(F)c1. The molecule has 0 saturated heterocycles. The van der Waals surface area contributed by atoms with E-state index < -0.39 is 17.5 Å². The predicted molar refractivity (Wildman–Crippen MR) is 44.8 cm³/mol. The predicted octanol–water partition coefficient (Wildman–Crippen LogP) is 2.47. The summed E-state index contributed by atoms with van der Waals surface area (Å²) in [5.74, 6) is -4.59. The minimum Gasteiger partial charge on any atom is -0.478 e. The van der Waals surface area contributed by atoms with Crippen LogP contribution < -0.4 is 0 Å². The van der Waals surface area contributed by atoms with Gasteiger partial charge in [0.15, 0.2) is 17.5 Å². The number of hydrogen-bond acceptors (Lipinski definition) is 2. The summed E-state index contributed by atoms with van der Waals surface area (Å²) in [5, 5.41) is 7.22. The minimum absolute atomic E-state index is 0.122. The molecule has 0 aromatic heterocycles. The highest BCUT2D eigenvalue weighted by molar-refractivity contribution is 5.91. The number of benzene rings is 1. The lowest BCUT2D eigenvalue weighted by atomic mass is 10.2. The quantitative estimate of drug-likeness (QED) is 0.447. The normalized spacial score (nSPS) is 10.0. The van der Waals surface area contributed by atoms with Gasteiger partial charge < -0.3 is 4.74 Å². The van der Waals surface area contributed by atoms with Crippen molar-refractivity contribution in [3.63, 3.8) is 0 Å². The van der Waals surface area contributed by atoms with E-state index in [2.05, 4.69) is 0 Å². The Morgan fingerprint density at radius 1 is 1.29 bits per heavy atom. The zero-order chi connectivity index (χ0) is 10.7. The Labute approximate surface area is 78.8 Å². The van der Waals surface area contributed by atoms with Gasteiger partial charge in [-0.1, -0.05) is 0 Å². The summed E-state index contributed by atoms with van der Waals surface area (Å²) in [4.78, 5) is 0. The van der Waals surface area contributed by atoms with Crippen LogP contribution in [0.3, 0.4) is 0 Å². The molecule has 1 aromatic carbocycles. The average molecular weight is 203 g/mol. The highest BCUT2D eigenvalue weighted by Gasteiger charge is 2.13. The molecule has 0 unspecified atom stereocenters. The van der Waals surface area contributed by atoms with Crippen LogP contribution >= 0.6 is 0 Å². The molecule has 0 amide bonds. The van der Waals surface area contributed by atoms with Crippen molar-refractivity contribution >= 4 is 5.90 Å². The van der Waals surface area contributed by atoms with Crippen molar-refractivity contribution in [2.45, 2.75) is 6.92 Å². The van der Waals surface area contributed by atoms with Gasteiger partial charge in [0.2, 0.25) is 5.90 Å². The van der Waals surface area contributed by atoms with Crippen LogP contribution in [0.1, 0.15) is 12.5 Å². The van der Waals surface area contributed by atoms with Gasteiger partial charge in [0.05, 0.1) is 6.61 Å². The van der Waals surface area contributed by atoms with Crippen LogP contribution in [0, 0.1) is 22.9 Å². The van der Waals surface area contributed by atoms with Crippen LogP contribution in [0.2, 0.25) is 0 Å². The van der Waals surface area contributed by atoms with E-state index in [-0.39, 0.29) is 18.1 Å². The fraction of sp³-hybridized carbons (Fsp3) is 0.222. The van der Waals surface area contributed by atoms with Crippen LogP contribution in [0.4, 0.5) is 13.2 Å². The molecular weight excluding hydrogens is 195 g/mol. The van der Waals surface area contributed by atoms with Gasteiger partial charge in [-0.3, -0.25) is 5.41 Å². The summed E-state index contributed by atoms with van der Waals surface area (Å²) in [6, 6.07) is 1.44. The third-order valence-corrected chi connectivity index (χ3v) is 1.53. The van der Waals surface area contributed by atoms with Gasteiger partial charge in [0.1, 0.15) is 0 Å². The Morgan fingerprint density at radius 3 is 2.21 bits per heavy atom. The molecule has 0 fully saturated rings. The van der Waals surface area contributed by atoms with Gasteiger partial charge in [0.25, 0.3) is 0 Å². The molecule has 0 aliphatic carbocycles. The molecular formula is C9H8F3NO. The Hall–Kier alpha value is -1.52. The van der Waals surface area contributed by atoms with Crippen molar-refractivity contribution in [2.75, 3.05) is 6.61 Å². The highest BCUT2D eigenvalue weighted by Crippen LogP contribution is 2.14. The van der Waals surface area contributed by atoms with Gasteiger partial charge in [-0.25, -0.2) is 13.2 Å². The van der Waals surface area contributed by atoms with E-state index in [1.165, 1.54) is 0 Å². The maximum Gasteiger partial charge on any atom is 0.213 e. The summed E-state index contributed by atoms with van der Waals surface area (Å²) in [7, 11) is 0. The van der Waals surface area contributed by atoms with Gasteiger partial charge in [0, 0.05) is 5.56 Å². The Bertz CT molecular complexity index is 342. The number of nitrogens with one attached hydrogen (secondary N) is 1.